The van der Waals surface area contributed by atoms with Crippen molar-refractivity contribution in [2.75, 3.05) is 33.5 Å². The van der Waals surface area contributed by atoms with E-state index in [-0.39, 0.29) is 6.01 Å². The fourth-order valence-electron chi connectivity index (χ4n) is 1.29. The van der Waals surface area contributed by atoms with Crippen molar-refractivity contribution in [2.45, 2.75) is 5.16 Å². The molecule has 0 amide bonds. The third kappa shape index (κ3) is 4.07. The molecular weight excluding hydrogens is 278 g/mol. The largest absolute Gasteiger partial charge is 0.466 e. The van der Waals surface area contributed by atoms with Gasteiger partial charge in [0.25, 0.3) is 0 Å². The first kappa shape index (κ1) is 14.5. The first-order chi connectivity index (χ1) is 9.69. The van der Waals surface area contributed by atoms with Crippen molar-refractivity contribution in [3.05, 3.63) is 12.4 Å². The summed E-state index contributed by atoms with van der Waals surface area (Å²) in [4.78, 5) is 10.7. The molecule has 0 aliphatic heterocycles. The predicted octanol–water partition coefficient (Wildman–Crippen LogP) is 0.386. The Morgan fingerprint density at radius 1 is 1.10 bits per heavy atom. The van der Waals surface area contributed by atoms with Gasteiger partial charge in [-0.1, -0.05) is 16.9 Å². The minimum atomic E-state index is 0.197. The lowest BCUT2D eigenvalue weighted by Crippen LogP contribution is -2.15. The van der Waals surface area contributed by atoms with E-state index < -0.39 is 0 Å². The van der Waals surface area contributed by atoms with Crippen LogP contribution in [-0.2, 0) is 0 Å². The van der Waals surface area contributed by atoms with E-state index in [0.29, 0.717) is 16.5 Å². The van der Waals surface area contributed by atoms with Crippen LogP contribution in [0.2, 0.25) is 0 Å². The summed E-state index contributed by atoms with van der Waals surface area (Å²) < 4.78 is 4.94. The summed E-state index contributed by atoms with van der Waals surface area (Å²) in [5.41, 5.74) is 1.15. The Kier molecular flexibility index (Phi) is 5.13. The molecule has 106 valence electrons. The highest BCUT2D eigenvalue weighted by molar-refractivity contribution is 7.99. The fourth-order valence-corrected chi connectivity index (χ4v) is 2.20. The first-order valence-corrected chi connectivity index (χ1v) is 6.89. The van der Waals surface area contributed by atoms with Crippen LogP contribution in [0.5, 0.6) is 6.01 Å². The minimum absolute atomic E-state index is 0.197. The Labute approximate surface area is 121 Å². The zero-order chi connectivity index (χ0) is 14.4. The van der Waals surface area contributed by atoms with Crippen molar-refractivity contribution in [2.24, 2.45) is 0 Å². The predicted molar refractivity (Wildman–Crippen MR) is 74.5 cm³/mol. The highest BCUT2D eigenvalue weighted by Crippen LogP contribution is 2.17. The zero-order valence-corrected chi connectivity index (χ0v) is 12.3. The van der Waals surface area contributed by atoms with Gasteiger partial charge in [-0.25, -0.2) is 4.98 Å². The Morgan fingerprint density at radius 3 is 2.50 bits per heavy atom. The molecule has 2 heterocycles. The van der Waals surface area contributed by atoms with E-state index >= 15 is 0 Å². The van der Waals surface area contributed by atoms with Gasteiger partial charge in [-0.3, -0.25) is 0 Å². The molecule has 9 heteroatoms. The van der Waals surface area contributed by atoms with Crippen LogP contribution in [0.25, 0.3) is 11.4 Å². The van der Waals surface area contributed by atoms with Crippen molar-refractivity contribution in [3.63, 3.8) is 0 Å². The summed E-state index contributed by atoms with van der Waals surface area (Å²) in [5, 5.41) is 16.1. The second kappa shape index (κ2) is 7.06. The summed E-state index contributed by atoms with van der Waals surface area (Å²) in [5.74, 6) is 0.892. The van der Waals surface area contributed by atoms with Gasteiger partial charge in [-0.2, -0.15) is 15.2 Å². The van der Waals surface area contributed by atoms with Gasteiger partial charge in [0.1, 0.15) is 11.4 Å². The molecule has 0 aliphatic carbocycles. The van der Waals surface area contributed by atoms with Crippen LogP contribution in [0.1, 0.15) is 0 Å². The van der Waals surface area contributed by atoms with E-state index in [2.05, 4.69) is 35.3 Å². The summed E-state index contributed by atoms with van der Waals surface area (Å²) >= 11 is 1.55. The molecule has 0 aromatic carbocycles. The maximum absolute atomic E-state index is 4.94. The molecule has 0 radical (unpaired) electrons. The third-order valence-electron chi connectivity index (χ3n) is 2.29. The fraction of sp³-hybridized carbons (Fsp3) is 0.455. The molecular formula is C11H15N7OS. The highest BCUT2D eigenvalue weighted by atomic mass is 32.2. The number of hydrogen-bond acceptors (Lipinski definition) is 9. The second-order valence-electron chi connectivity index (χ2n) is 4.10. The van der Waals surface area contributed by atoms with Gasteiger partial charge in [-0.15, -0.1) is 5.10 Å². The van der Waals surface area contributed by atoms with Gasteiger partial charge in [0.05, 0.1) is 19.5 Å². The number of nitrogens with zero attached hydrogens (tertiary/aromatic N) is 7. The Morgan fingerprint density at radius 2 is 1.80 bits per heavy atom. The van der Waals surface area contributed by atoms with Crippen molar-refractivity contribution in [1.82, 2.24) is 35.3 Å². The maximum Gasteiger partial charge on any atom is 0.336 e. The highest BCUT2D eigenvalue weighted by Gasteiger charge is 2.08. The monoisotopic (exact) mass is 293 g/mol. The SMILES string of the molecule is COc1nncc(-c2cnnc(SCCN(C)C)n2)n1. The maximum atomic E-state index is 4.94. The Bertz CT molecular complexity index is 566. The average Bonchev–Trinajstić information content (AvgIpc) is 2.47. The van der Waals surface area contributed by atoms with E-state index in [1.807, 2.05) is 14.1 Å². The van der Waals surface area contributed by atoms with E-state index in [0.717, 1.165) is 12.3 Å². The molecule has 2 aromatic heterocycles. The third-order valence-corrected chi connectivity index (χ3v) is 3.11. The molecule has 0 saturated heterocycles. The van der Waals surface area contributed by atoms with Gasteiger partial charge in [0.2, 0.25) is 5.16 Å². The van der Waals surface area contributed by atoms with E-state index in [9.17, 15) is 0 Å². The standard InChI is InChI=1S/C11H15N7OS/c1-18(2)4-5-20-11-15-9(7-13-17-11)8-6-12-16-10(14-8)19-3/h6-7H,4-5H2,1-3H3. The first-order valence-electron chi connectivity index (χ1n) is 5.90. The molecule has 0 fully saturated rings. The number of aromatic nitrogens is 6. The van der Waals surface area contributed by atoms with Gasteiger partial charge in [-0.05, 0) is 14.1 Å². The molecule has 0 atom stereocenters. The lowest BCUT2D eigenvalue weighted by molar-refractivity contribution is 0.374. The van der Waals surface area contributed by atoms with Crippen molar-refractivity contribution >= 4 is 11.8 Å². The van der Waals surface area contributed by atoms with Crippen LogP contribution >= 0.6 is 11.8 Å². The molecule has 0 bridgehead atoms. The number of rotatable bonds is 6. The molecule has 0 aliphatic rings. The van der Waals surface area contributed by atoms with Crippen LogP contribution in [0.15, 0.2) is 17.6 Å². The van der Waals surface area contributed by atoms with Crippen LogP contribution in [0.3, 0.4) is 0 Å². The quantitative estimate of drug-likeness (QED) is 0.701. The number of thioether (sulfide) groups is 1. The van der Waals surface area contributed by atoms with Crippen LogP contribution < -0.4 is 4.74 Å². The normalized spacial score (nSPS) is 10.8. The van der Waals surface area contributed by atoms with Crippen molar-refractivity contribution in [3.8, 4) is 17.4 Å². The lowest BCUT2D eigenvalue weighted by Gasteiger charge is -2.07. The number of hydrogen-bond donors (Lipinski definition) is 0. The summed E-state index contributed by atoms with van der Waals surface area (Å²) in [6, 6.07) is 0.197. The molecule has 2 rings (SSSR count). The van der Waals surface area contributed by atoms with Gasteiger partial charge in [0.15, 0.2) is 0 Å². The Balaban J connectivity index is 2.12. The van der Waals surface area contributed by atoms with Crippen LogP contribution in [0.4, 0.5) is 0 Å². The minimum Gasteiger partial charge on any atom is -0.466 e. The molecule has 0 saturated carbocycles. The van der Waals surface area contributed by atoms with Gasteiger partial charge >= 0.3 is 6.01 Å². The summed E-state index contributed by atoms with van der Waals surface area (Å²) in [6.07, 6.45) is 3.06. The van der Waals surface area contributed by atoms with E-state index in [4.69, 9.17) is 4.74 Å². The molecule has 20 heavy (non-hydrogen) atoms. The lowest BCUT2D eigenvalue weighted by atomic mass is 10.3. The average molecular weight is 293 g/mol. The summed E-state index contributed by atoms with van der Waals surface area (Å²) in [6.45, 7) is 0.946. The number of ether oxygens (including phenoxy) is 1. The molecule has 0 spiro atoms. The molecule has 0 N–H and O–H groups in total. The van der Waals surface area contributed by atoms with E-state index in [1.54, 1.807) is 18.0 Å². The van der Waals surface area contributed by atoms with Crippen molar-refractivity contribution in [1.29, 1.82) is 0 Å². The molecule has 2 aromatic rings. The number of methoxy groups -OCH3 is 1. The van der Waals surface area contributed by atoms with Crippen LogP contribution in [-0.4, -0.2) is 68.8 Å². The molecule has 8 nitrogen and oxygen atoms in total. The summed E-state index contributed by atoms with van der Waals surface area (Å²) in [7, 11) is 5.53. The van der Waals surface area contributed by atoms with Crippen molar-refractivity contribution < 1.29 is 4.74 Å². The topological polar surface area (TPSA) is 89.8 Å². The van der Waals surface area contributed by atoms with Crippen LogP contribution in [0, 0.1) is 0 Å². The smallest absolute Gasteiger partial charge is 0.336 e. The van der Waals surface area contributed by atoms with Gasteiger partial charge in [0, 0.05) is 12.3 Å². The zero-order valence-electron chi connectivity index (χ0n) is 11.5. The van der Waals surface area contributed by atoms with Gasteiger partial charge < -0.3 is 9.64 Å². The second-order valence-corrected chi connectivity index (χ2v) is 5.17. The Hall–Kier alpha value is -1.87. The molecule has 0 unspecified atom stereocenters. The van der Waals surface area contributed by atoms with E-state index in [1.165, 1.54) is 13.3 Å².